The normalized spacial score (nSPS) is 12.2. The fourth-order valence-corrected chi connectivity index (χ4v) is 4.30. The lowest BCUT2D eigenvalue weighted by Crippen LogP contribution is -2.45. The Labute approximate surface area is 191 Å². The summed E-state index contributed by atoms with van der Waals surface area (Å²) in [5.41, 5.74) is 5.63. The number of rotatable bonds is 6. The standard InChI is InChI=1S/C30H29NO/c1-22-19-20-23(2)27(21-22)28(24-13-7-4-8-14-24)31-29(32)30(3,25-15-9-5-10-16-25)26-17-11-6-12-18-26/h4-21,28H,1-3H3,(H,31,32). The van der Waals surface area contributed by atoms with E-state index in [4.69, 9.17) is 0 Å². The van der Waals surface area contributed by atoms with E-state index < -0.39 is 5.41 Å². The lowest BCUT2D eigenvalue weighted by molar-refractivity contribution is -0.125. The Morgan fingerprint density at radius 1 is 0.719 bits per heavy atom. The number of hydrogen-bond donors (Lipinski definition) is 1. The molecule has 0 aromatic heterocycles. The third-order valence-corrected chi connectivity index (χ3v) is 6.31. The molecule has 0 radical (unpaired) electrons. The van der Waals surface area contributed by atoms with Crippen LogP contribution in [0.15, 0.2) is 109 Å². The zero-order valence-electron chi connectivity index (χ0n) is 18.9. The van der Waals surface area contributed by atoms with Crippen molar-refractivity contribution in [3.8, 4) is 0 Å². The number of nitrogens with one attached hydrogen (secondary N) is 1. The molecule has 4 aromatic rings. The van der Waals surface area contributed by atoms with Gasteiger partial charge in [0.2, 0.25) is 5.91 Å². The zero-order valence-corrected chi connectivity index (χ0v) is 18.9. The van der Waals surface area contributed by atoms with Crippen LogP contribution >= 0.6 is 0 Å². The Hall–Kier alpha value is -3.65. The van der Waals surface area contributed by atoms with Crippen LogP contribution < -0.4 is 5.32 Å². The predicted octanol–water partition coefficient (Wildman–Crippen LogP) is 6.52. The summed E-state index contributed by atoms with van der Waals surface area (Å²) >= 11 is 0. The summed E-state index contributed by atoms with van der Waals surface area (Å²) in [6.45, 7) is 6.20. The largest absolute Gasteiger partial charge is 0.344 e. The third-order valence-electron chi connectivity index (χ3n) is 6.31. The minimum Gasteiger partial charge on any atom is -0.344 e. The molecule has 0 bridgehead atoms. The maximum atomic E-state index is 14.1. The first-order valence-corrected chi connectivity index (χ1v) is 11.0. The van der Waals surface area contributed by atoms with E-state index in [1.807, 2.05) is 85.8 Å². The molecule has 0 aliphatic rings. The van der Waals surface area contributed by atoms with E-state index in [9.17, 15) is 4.79 Å². The Morgan fingerprint density at radius 3 is 1.75 bits per heavy atom. The van der Waals surface area contributed by atoms with Crippen molar-refractivity contribution in [1.29, 1.82) is 0 Å². The monoisotopic (exact) mass is 419 g/mol. The van der Waals surface area contributed by atoms with Gasteiger partial charge in [0.05, 0.1) is 11.5 Å². The Kier molecular flexibility index (Phi) is 6.23. The number of hydrogen-bond acceptors (Lipinski definition) is 1. The number of carbonyl (C=O) groups is 1. The first kappa shape index (κ1) is 21.6. The second-order valence-corrected chi connectivity index (χ2v) is 8.53. The maximum absolute atomic E-state index is 14.1. The molecule has 0 saturated carbocycles. The van der Waals surface area contributed by atoms with Gasteiger partial charge in [-0.1, -0.05) is 115 Å². The molecule has 1 amide bonds. The number of benzene rings is 4. The van der Waals surface area contributed by atoms with Gasteiger partial charge < -0.3 is 5.32 Å². The quantitative estimate of drug-likeness (QED) is 0.379. The molecule has 1 N–H and O–H groups in total. The predicted molar refractivity (Wildman–Crippen MR) is 132 cm³/mol. The van der Waals surface area contributed by atoms with E-state index in [0.717, 1.165) is 27.8 Å². The van der Waals surface area contributed by atoms with Gasteiger partial charge in [0.1, 0.15) is 0 Å². The highest BCUT2D eigenvalue weighted by molar-refractivity contribution is 5.92. The zero-order chi connectivity index (χ0) is 22.6. The highest BCUT2D eigenvalue weighted by Gasteiger charge is 2.38. The average molecular weight is 420 g/mol. The van der Waals surface area contributed by atoms with Gasteiger partial charge in [0, 0.05) is 0 Å². The Balaban J connectivity index is 1.82. The smallest absolute Gasteiger partial charge is 0.235 e. The maximum Gasteiger partial charge on any atom is 0.235 e. The van der Waals surface area contributed by atoms with Crippen molar-refractivity contribution >= 4 is 5.91 Å². The van der Waals surface area contributed by atoms with Gasteiger partial charge in [-0.2, -0.15) is 0 Å². The summed E-state index contributed by atoms with van der Waals surface area (Å²) in [7, 11) is 0. The van der Waals surface area contributed by atoms with Gasteiger partial charge >= 0.3 is 0 Å². The molecule has 0 fully saturated rings. The minimum atomic E-state index is -0.826. The second kappa shape index (κ2) is 9.23. The molecule has 160 valence electrons. The molecule has 0 aliphatic carbocycles. The molecular weight excluding hydrogens is 390 g/mol. The highest BCUT2D eigenvalue weighted by atomic mass is 16.2. The van der Waals surface area contributed by atoms with Gasteiger partial charge in [0.15, 0.2) is 0 Å². The van der Waals surface area contributed by atoms with Crippen molar-refractivity contribution in [2.75, 3.05) is 0 Å². The molecule has 1 atom stereocenters. The first-order chi connectivity index (χ1) is 15.5. The van der Waals surface area contributed by atoms with Gasteiger partial charge in [-0.05, 0) is 48.6 Å². The van der Waals surface area contributed by atoms with E-state index in [1.54, 1.807) is 0 Å². The van der Waals surface area contributed by atoms with E-state index in [2.05, 4.69) is 49.5 Å². The second-order valence-electron chi connectivity index (χ2n) is 8.53. The van der Waals surface area contributed by atoms with E-state index in [-0.39, 0.29) is 11.9 Å². The molecule has 32 heavy (non-hydrogen) atoms. The van der Waals surface area contributed by atoms with Gasteiger partial charge in [0.25, 0.3) is 0 Å². The molecule has 0 spiro atoms. The molecule has 2 heteroatoms. The van der Waals surface area contributed by atoms with Crippen molar-refractivity contribution in [3.63, 3.8) is 0 Å². The molecule has 0 aliphatic heterocycles. The van der Waals surface area contributed by atoms with Crippen molar-refractivity contribution in [2.45, 2.75) is 32.2 Å². The number of amides is 1. The van der Waals surface area contributed by atoms with Gasteiger partial charge in [-0.15, -0.1) is 0 Å². The Bertz CT molecular complexity index is 1140. The van der Waals surface area contributed by atoms with Crippen LogP contribution in [0.4, 0.5) is 0 Å². The number of aryl methyl sites for hydroxylation is 2. The average Bonchev–Trinajstić information content (AvgIpc) is 2.85. The fourth-order valence-electron chi connectivity index (χ4n) is 4.30. The molecule has 4 rings (SSSR count). The van der Waals surface area contributed by atoms with E-state index in [0.29, 0.717) is 0 Å². The summed E-state index contributed by atoms with van der Waals surface area (Å²) < 4.78 is 0. The van der Waals surface area contributed by atoms with Crippen LogP contribution in [0.2, 0.25) is 0 Å². The summed E-state index contributed by atoms with van der Waals surface area (Å²) in [4.78, 5) is 14.1. The van der Waals surface area contributed by atoms with Crippen LogP contribution in [0.3, 0.4) is 0 Å². The molecular formula is C30H29NO. The molecule has 0 heterocycles. The summed E-state index contributed by atoms with van der Waals surface area (Å²) in [5.74, 6) is -0.0235. The van der Waals surface area contributed by atoms with Gasteiger partial charge in [-0.25, -0.2) is 0 Å². The van der Waals surface area contributed by atoms with Crippen molar-refractivity contribution < 1.29 is 4.79 Å². The van der Waals surface area contributed by atoms with Gasteiger partial charge in [-0.3, -0.25) is 4.79 Å². The summed E-state index contributed by atoms with van der Waals surface area (Å²) in [6, 6.07) is 36.4. The topological polar surface area (TPSA) is 29.1 Å². The highest BCUT2D eigenvalue weighted by Crippen LogP contribution is 2.34. The molecule has 4 aromatic carbocycles. The lowest BCUT2D eigenvalue weighted by Gasteiger charge is -2.32. The number of carbonyl (C=O) groups excluding carboxylic acids is 1. The van der Waals surface area contributed by atoms with Crippen LogP contribution in [0.1, 0.15) is 46.3 Å². The lowest BCUT2D eigenvalue weighted by atomic mass is 9.75. The molecule has 1 unspecified atom stereocenters. The summed E-state index contributed by atoms with van der Waals surface area (Å²) in [6.07, 6.45) is 0. The first-order valence-electron chi connectivity index (χ1n) is 11.0. The minimum absolute atomic E-state index is 0.0235. The van der Waals surface area contributed by atoms with Crippen LogP contribution in [-0.4, -0.2) is 5.91 Å². The van der Waals surface area contributed by atoms with Crippen molar-refractivity contribution in [3.05, 3.63) is 143 Å². The molecule has 2 nitrogen and oxygen atoms in total. The molecule has 0 saturated heterocycles. The van der Waals surface area contributed by atoms with Crippen molar-refractivity contribution in [2.24, 2.45) is 0 Å². The van der Waals surface area contributed by atoms with Crippen molar-refractivity contribution in [1.82, 2.24) is 5.32 Å². The van der Waals surface area contributed by atoms with Crippen LogP contribution in [0.5, 0.6) is 0 Å². The fraction of sp³-hybridized carbons (Fsp3) is 0.167. The van der Waals surface area contributed by atoms with Crippen LogP contribution in [0.25, 0.3) is 0 Å². The van der Waals surface area contributed by atoms with E-state index >= 15 is 0 Å². The summed E-state index contributed by atoms with van der Waals surface area (Å²) in [5, 5.41) is 3.42. The SMILES string of the molecule is Cc1ccc(C)c(C(NC(=O)C(C)(c2ccccc2)c2ccccc2)c2ccccc2)c1. The Morgan fingerprint density at radius 2 is 1.22 bits per heavy atom. The van der Waals surface area contributed by atoms with E-state index in [1.165, 1.54) is 5.56 Å². The van der Waals surface area contributed by atoms with Crippen LogP contribution in [-0.2, 0) is 10.2 Å². The van der Waals surface area contributed by atoms with Crippen LogP contribution in [0, 0.1) is 13.8 Å². The third kappa shape index (κ3) is 4.22.